The summed E-state index contributed by atoms with van der Waals surface area (Å²) in [6.45, 7) is 1.42. The van der Waals surface area contributed by atoms with Gasteiger partial charge in [0.25, 0.3) is 0 Å². The molecule has 8 nitrogen and oxygen atoms in total. The van der Waals surface area contributed by atoms with Gasteiger partial charge < -0.3 is 15.4 Å². The van der Waals surface area contributed by atoms with Crippen molar-refractivity contribution in [3.8, 4) is 5.75 Å². The Balaban J connectivity index is 2.19. The summed E-state index contributed by atoms with van der Waals surface area (Å²) in [5.41, 5.74) is 3.42. The molecule has 0 unspecified atom stereocenters. The average molecular weight is 312 g/mol. The van der Waals surface area contributed by atoms with Crippen LogP contribution in [0, 0.1) is 5.21 Å². The van der Waals surface area contributed by atoms with E-state index in [9.17, 15) is 10.0 Å². The molecule has 0 aromatic carbocycles. The number of carbonyl (C=O) groups excluding carboxylic acids is 1. The van der Waals surface area contributed by atoms with Crippen molar-refractivity contribution in [3.05, 3.63) is 48.1 Å². The maximum Gasteiger partial charge on any atom is 0.229 e. The molecular weight excluding hydrogens is 298 g/mol. The maximum absolute atomic E-state index is 12.2. The van der Waals surface area contributed by atoms with E-state index in [1.54, 1.807) is 28.5 Å². The third-order valence-electron chi connectivity index (χ3n) is 3.35. The molecule has 3 aromatic heterocycles. The minimum absolute atomic E-state index is 0.261. The summed E-state index contributed by atoms with van der Waals surface area (Å²) >= 11 is 0. The molecule has 0 fully saturated rings. The zero-order valence-electron chi connectivity index (χ0n) is 12.6. The molecule has 0 saturated heterocycles. The molecular formula is C15H14N5O3-. The SMILES string of the molecule is COc1cn2nccc2cc1N(C(C)=O)c1cc(N[O-])ccn1. The Kier molecular flexibility index (Phi) is 3.82. The third kappa shape index (κ3) is 2.67. The normalized spacial score (nSPS) is 10.6. The minimum Gasteiger partial charge on any atom is -0.761 e. The summed E-state index contributed by atoms with van der Waals surface area (Å²) in [5, 5.41) is 15.0. The van der Waals surface area contributed by atoms with Gasteiger partial charge in [-0.15, -0.1) is 0 Å². The van der Waals surface area contributed by atoms with Crippen LogP contribution in [-0.4, -0.2) is 27.6 Å². The van der Waals surface area contributed by atoms with Crippen LogP contribution >= 0.6 is 0 Å². The predicted molar refractivity (Wildman–Crippen MR) is 85.8 cm³/mol. The maximum atomic E-state index is 12.2. The van der Waals surface area contributed by atoms with Gasteiger partial charge in [-0.1, -0.05) is 0 Å². The molecule has 0 aliphatic rings. The number of nitrogens with one attached hydrogen (secondary N) is 1. The number of rotatable bonds is 4. The summed E-state index contributed by atoms with van der Waals surface area (Å²) in [6.07, 6.45) is 4.78. The molecule has 0 saturated carbocycles. The Morgan fingerprint density at radius 3 is 2.87 bits per heavy atom. The summed E-state index contributed by atoms with van der Waals surface area (Å²) in [6, 6.07) is 6.59. The van der Waals surface area contributed by atoms with Gasteiger partial charge in [0.2, 0.25) is 5.91 Å². The van der Waals surface area contributed by atoms with E-state index in [4.69, 9.17) is 4.74 Å². The lowest BCUT2D eigenvalue weighted by molar-refractivity contribution is -0.115. The number of nitrogens with zero attached hydrogens (tertiary/aromatic N) is 4. The van der Waals surface area contributed by atoms with Crippen molar-refractivity contribution in [2.45, 2.75) is 6.92 Å². The number of fused-ring (bicyclic) bond motifs is 1. The molecule has 3 rings (SSSR count). The van der Waals surface area contributed by atoms with E-state index in [-0.39, 0.29) is 5.91 Å². The second-order valence-electron chi connectivity index (χ2n) is 4.79. The number of anilines is 3. The van der Waals surface area contributed by atoms with E-state index >= 15 is 0 Å². The van der Waals surface area contributed by atoms with E-state index in [0.717, 1.165) is 5.52 Å². The Morgan fingerprint density at radius 2 is 2.17 bits per heavy atom. The van der Waals surface area contributed by atoms with Crippen LogP contribution in [0.4, 0.5) is 17.2 Å². The highest BCUT2D eigenvalue weighted by atomic mass is 16.5. The molecule has 0 bridgehead atoms. The fourth-order valence-electron chi connectivity index (χ4n) is 2.33. The summed E-state index contributed by atoms with van der Waals surface area (Å²) in [4.78, 5) is 17.8. The second kappa shape index (κ2) is 5.93. The first-order valence-corrected chi connectivity index (χ1v) is 6.80. The van der Waals surface area contributed by atoms with Crippen LogP contribution in [0.25, 0.3) is 5.52 Å². The smallest absolute Gasteiger partial charge is 0.229 e. The number of pyridine rings is 2. The van der Waals surface area contributed by atoms with Gasteiger partial charge in [0.1, 0.15) is 5.82 Å². The van der Waals surface area contributed by atoms with E-state index in [1.165, 1.54) is 37.3 Å². The Labute approximate surface area is 131 Å². The van der Waals surface area contributed by atoms with Crippen LogP contribution in [-0.2, 0) is 4.79 Å². The number of ether oxygens (including phenoxy) is 1. The van der Waals surface area contributed by atoms with Crippen molar-refractivity contribution < 1.29 is 9.53 Å². The van der Waals surface area contributed by atoms with Crippen LogP contribution in [0.2, 0.25) is 0 Å². The summed E-state index contributed by atoms with van der Waals surface area (Å²) in [5.74, 6) is 0.516. The van der Waals surface area contributed by atoms with Gasteiger partial charge in [0, 0.05) is 31.1 Å². The van der Waals surface area contributed by atoms with Gasteiger partial charge in [-0.05, 0) is 18.2 Å². The first-order chi connectivity index (χ1) is 11.1. The minimum atomic E-state index is -0.261. The number of aromatic nitrogens is 3. The molecule has 118 valence electrons. The number of amides is 1. The van der Waals surface area contributed by atoms with Crippen LogP contribution in [0.15, 0.2) is 42.9 Å². The predicted octanol–water partition coefficient (Wildman–Crippen LogP) is 2.33. The quantitative estimate of drug-likeness (QED) is 0.743. The first-order valence-electron chi connectivity index (χ1n) is 6.80. The summed E-state index contributed by atoms with van der Waals surface area (Å²) < 4.78 is 7.01. The van der Waals surface area contributed by atoms with Gasteiger partial charge in [-0.3, -0.25) is 9.69 Å². The van der Waals surface area contributed by atoms with Crippen molar-refractivity contribution in [1.29, 1.82) is 0 Å². The Bertz CT molecular complexity index is 861. The lowest BCUT2D eigenvalue weighted by Crippen LogP contribution is -2.24. The van der Waals surface area contributed by atoms with Crippen molar-refractivity contribution in [1.82, 2.24) is 14.6 Å². The lowest BCUT2D eigenvalue weighted by atomic mass is 10.2. The van der Waals surface area contributed by atoms with Gasteiger partial charge in [-0.25, -0.2) is 9.50 Å². The highest BCUT2D eigenvalue weighted by molar-refractivity contribution is 6.00. The van der Waals surface area contributed by atoms with Crippen molar-refractivity contribution in [2.24, 2.45) is 0 Å². The molecule has 0 spiro atoms. The Morgan fingerprint density at radius 1 is 1.35 bits per heavy atom. The fourth-order valence-corrected chi connectivity index (χ4v) is 2.33. The van der Waals surface area contributed by atoms with E-state index in [0.29, 0.717) is 22.9 Å². The number of hydrogen-bond acceptors (Lipinski definition) is 6. The van der Waals surface area contributed by atoms with E-state index in [2.05, 4.69) is 10.1 Å². The zero-order valence-corrected chi connectivity index (χ0v) is 12.6. The van der Waals surface area contributed by atoms with Crippen molar-refractivity contribution >= 4 is 28.6 Å². The highest BCUT2D eigenvalue weighted by Gasteiger charge is 2.21. The standard InChI is InChI=1S/C15H14N5O3/c1-10(21)20(15-7-11(18-22)3-5-16-15)13-8-12-4-6-17-19(12)9-14(13)23-2/h3-9H,1-2H3,(H-,16,18,22)/q-1. The summed E-state index contributed by atoms with van der Waals surface area (Å²) in [7, 11) is 1.51. The molecule has 3 aromatic rings. The third-order valence-corrected chi connectivity index (χ3v) is 3.35. The molecule has 0 aliphatic carbocycles. The fraction of sp³-hybridized carbons (Fsp3) is 0.133. The van der Waals surface area contributed by atoms with Crippen molar-refractivity contribution in [2.75, 3.05) is 17.5 Å². The highest BCUT2D eigenvalue weighted by Crippen LogP contribution is 2.34. The molecule has 3 heterocycles. The molecule has 1 amide bonds. The number of methoxy groups -OCH3 is 1. The molecule has 23 heavy (non-hydrogen) atoms. The van der Waals surface area contributed by atoms with Crippen molar-refractivity contribution in [3.63, 3.8) is 0 Å². The molecule has 0 aliphatic heterocycles. The Hall–Kier alpha value is -3.13. The van der Waals surface area contributed by atoms with Crippen LogP contribution < -0.4 is 15.1 Å². The van der Waals surface area contributed by atoms with Gasteiger partial charge in [0.15, 0.2) is 5.75 Å². The average Bonchev–Trinajstić information content (AvgIpc) is 3.01. The number of hydrogen-bond donors (Lipinski definition) is 1. The van der Waals surface area contributed by atoms with Gasteiger partial charge >= 0.3 is 0 Å². The number of carbonyl (C=O) groups is 1. The van der Waals surface area contributed by atoms with Crippen LogP contribution in [0.1, 0.15) is 6.92 Å². The molecule has 0 atom stereocenters. The van der Waals surface area contributed by atoms with Gasteiger partial charge in [-0.2, -0.15) is 5.10 Å². The van der Waals surface area contributed by atoms with E-state index < -0.39 is 0 Å². The topological polar surface area (TPSA) is 94.8 Å². The lowest BCUT2D eigenvalue weighted by Gasteiger charge is -2.23. The first kappa shape index (κ1) is 14.8. The van der Waals surface area contributed by atoms with Gasteiger partial charge in [0.05, 0.1) is 24.5 Å². The molecule has 0 radical (unpaired) electrons. The largest absolute Gasteiger partial charge is 0.761 e. The van der Waals surface area contributed by atoms with Crippen LogP contribution in [0.3, 0.4) is 0 Å². The zero-order chi connectivity index (χ0) is 16.4. The van der Waals surface area contributed by atoms with E-state index in [1.807, 2.05) is 6.07 Å². The monoisotopic (exact) mass is 312 g/mol. The molecule has 1 N–H and O–H groups in total. The van der Waals surface area contributed by atoms with Crippen LogP contribution in [0.5, 0.6) is 5.75 Å². The second-order valence-corrected chi connectivity index (χ2v) is 4.79. The molecule has 8 heteroatoms.